The largest absolute Gasteiger partial charge is 0.354 e. The molecule has 1 aromatic rings. The number of amides is 2. The van der Waals surface area contributed by atoms with E-state index in [1.807, 2.05) is 25.1 Å². The number of piperidine rings is 1. The Balaban J connectivity index is 1.83. The number of likely N-dealkylation sites (N-methyl/N-ethyl adjacent to an activating group) is 1. The lowest BCUT2D eigenvalue weighted by molar-refractivity contribution is -0.133. The van der Waals surface area contributed by atoms with Gasteiger partial charge >= 0.3 is 0 Å². The zero-order valence-electron chi connectivity index (χ0n) is 15.0. The maximum atomic E-state index is 12.2. The minimum absolute atomic E-state index is 0.00729. The van der Waals surface area contributed by atoms with E-state index in [9.17, 15) is 9.59 Å². The van der Waals surface area contributed by atoms with Crippen LogP contribution in [0.25, 0.3) is 0 Å². The van der Waals surface area contributed by atoms with Crippen LogP contribution in [-0.4, -0.2) is 55.3 Å². The maximum absolute atomic E-state index is 12.2. The van der Waals surface area contributed by atoms with Gasteiger partial charge in [0.05, 0.1) is 6.04 Å². The van der Waals surface area contributed by atoms with Crippen molar-refractivity contribution < 1.29 is 9.59 Å². The minimum Gasteiger partial charge on any atom is -0.354 e. The first kappa shape index (κ1) is 18.5. The van der Waals surface area contributed by atoms with Crippen molar-refractivity contribution in [2.24, 2.45) is 0 Å². The van der Waals surface area contributed by atoms with Gasteiger partial charge in [-0.2, -0.15) is 0 Å². The van der Waals surface area contributed by atoms with Gasteiger partial charge in [-0.15, -0.1) is 0 Å². The summed E-state index contributed by atoms with van der Waals surface area (Å²) in [6.45, 7) is 3.96. The van der Waals surface area contributed by atoms with Gasteiger partial charge in [0.25, 0.3) is 0 Å². The summed E-state index contributed by atoms with van der Waals surface area (Å²) >= 11 is 0. The lowest BCUT2D eigenvalue weighted by Gasteiger charge is -2.27. The minimum atomic E-state index is 0.00729. The highest BCUT2D eigenvalue weighted by Gasteiger charge is 2.19. The Morgan fingerprint density at radius 3 is 2.79 bits per heavy atom. The van der Waals surface area contributed by atoms with Gasteiger partial charge in [-0.05, 0) is 39.4 Å². The number of carbonyl (C=O) groups is 2. The Morgan fingerprint density at radius 1 is 1.33 bits per heavy atom. The number of likely N-dealkylation sites (tertiary alicyclic amines) is 1. The summed E-state index contributed by atoms with van der Waals surface area (Å²) in [4.78, 5) is 27.8. The zero-order chi connectivity index (χ0) is 17.5. The van der Waals surface area contributed by atoms with Crippen LogP contribution in [0.15, 0.2) is 24.3 Å². The molecule has 0 radical (unpaired) electrons. The molecule has 1 saturated heterocycles. The molecule has 1 unspecified atom stereocenters. The molecule has 5 heteroatoms. The van der Waals surface area contributed by atoms with Crippen LogP contribution in [0.4, 0.5) is 0 Å². The van der Waals surface area contributed by atoms with Crippen LogP contribution in [0.1, 0.15) is 42.9 Å². The highest BCUT2D eigenvalue weighted by atomic mass is 16.2. The number of hydrogen-bond acceptors (Lipinski definition) is 3. The normalized spacial score (nSPS) is 16.3. The van der Waals surface area contributed by atoms with Crippen molar-refractivity contribution in [2.45, 2.75) is 38.6 Å². The third-order valence-electron chi connectivity index (χ3n) is 4.57. The first-order valence-electron chi connectivity index (χ1n) is 8.75. The van der Waals surface area contributed by atoms with Crippen molar-refractivity contribution in [1.29, 1.82) is 0 Å². The number of nitrogens with one attached hydrogen (secondary N) is 1. The van der Waals surface area contributed by atoms with Gasteiger partial charge in [-0.3, -0.25) is 9.59 Å². The Labute approximate surface area is 145 Å². The van der Waals surface area contributed by atoms with Crippen molar-refractivity contribution in [3.8, 4) is 0 Å². The fourth-order valence-corrected chi connectivity index (χ4v) is 3.11. The summed E-state index contributed by atoms with van der Waals surface area (Å²) in [6, 6.07) is 8.51. The molecular formula is C19H29N3O2. The quantitative estimate of drug-likeness (QED) is 0.833. The van der Waals surface area contributed by atoms with E-state index >= 15 is 0 Å². The van der Waals surface area contributed by atoms with Crippen LogP contribution < -0.4 is 5.32 Å². The Kier molecular flexibility index (Phi) is 6.79. The molecule has 5 nitrogen and oxygen atoms in total. The molecule has 1 aliphatic heterocycles. The molecule has 1 aliphatic rings. The fraction of sp³-hybridized carbons (Fsp3) is 0.579. The van der Waals surface area contributed by atoms with Gasteiger partial charge in [0.15, 0.2) is 0 Å². The number of carbonyl (C=O) groups excluding carboxylic acids is 2. The van der Waals surface area contributed by atoms with Gasteiger partial charge in [-0.25, -0.2) is 0 Å². The van der Waals surface area contributed by atoms with E-state index < -0.39 is 0 Å². The van der Waals surface area contributed by atoms with Gasteiger partial charge in [0, 0.05) is 32.5 Å². The van der Waals surface area contributed by atoms with Crippen molar-refractivity contribution in [1.82, 2.24) is 15.1 Å². The van der Waals surface area contributed by atoms with E-state index in [1.54, 1.807) is 0 Å². The second-order valence-corrected chi connectivity index (χ2v) is 6.79. The summed E-state index contributed by atoms with van der Waals surface area (Å²) in [6.07, 6.45) is 3.02. The topological polar surface area (TPSA) is 52.7 Å². The monoisotopic (exact) mass is 331 g/mol. The van der Waals surface area contributed by atoms with E-state index in [4.69, 9.17) is 0 Å². The Morgan fingerprint density at radius 2 is 2.12 bits per heavy atom. The molecule has 2 rings (SSSR count). The van der Waals surface area contributed by atoms with E-state index in [0.29, 0.717) is 25.9 Å². The van der Waals surface area contributed by atoms with Crippen molar-refractivity contribution in [3.63, 3.8) is 0 Å². The van der Waals surface area contributed by atoms with Gasteiger partial charge < -0.3 is 15.1 Å². The lowest BCUT2D eigenvalue weighted by Crippen LogP contribution is -2.39. The maximum Gasteiger partial charge on any atom is 0.222 e. The zero-order valence-corrected chi connectivity index (χ0v) is 15.0. The first-order chi connectivity index (χ1) is 11.5. The number of hydrogen-bond donors (Lipinski definition) is 1. The average molecular weight is 331 g/mol. The standard InChI is InChI=1S/C19H29N3O2/c1-15-7-6-8-16(13-15)17(21(2)3)14-20-18(23)10-12-22-11-5-4-9-19(22)24/h6-8,13,17H,4-5,9-12,14H2,1-3H3,(H,20,23). The third-order valence-corrected chi connectivity index (χ3v) is 4.57. The lowest BCUT2D eigenvalue weighted by atomic mass is 10.0. The van der Waals surface area contributed by atoms with Gasteiger partial charge in [-0.1, -0.05) is 29.8 Å². The molecule has 1 N–H and O–H groups in total. The molecule has 2 amide bonds. The van der Waals surface area contributed by atoms with Crippen molar-refractivity contribution in [2.75, 3.05) is 33.7 Å². The highest BCUT2D eigenvalue weighted by Crippen LogP contribution is 2.18. The average Bonchev–Trinajstić information content (AvgIpc) is 2.54. The van der Waals surface area contributed by atoms with Crippen LogP contribution in [0, 0.1) is 6.92 Å². The van der Waals surface area contributed by atoms with E-state index in [1.165, 1.54) is 11.1 Å². The molecule has 1 atom stereocenters. The number of benzene rings is 1. The van der Waals surface area contributed by atoms with Crippen LogP contribution in [0.2, 0.25) is 0 Å². The Hall–Kier alpha value is -1.88. The molecule has 132 valence electrons. The van der Waals surface area contributed by atoms with Crippen LogP contribution >= 0.6 is 0 Å². The summed E-state index contributed by atoms with van der Waals surface area (Å²) in [7, 11) is 4.04. The molecule has 1 fully saturated rings. The van der Waals surface area contributed by atoms with Crippen LogP contribution in [0.5, 0.6) is 0 Å². The SMILES string of the molecule is Cc1cccc(C(CNC(=O)CCN2CCCCC2=O)N(C)C)c1. The van der Waals surface area contributed by atoms with Crippen LogP contribution in [-0.2, 0) is 9.59 Å². The van der Waals surface area contributed by atoms with Crippen molar-refractivity contribution >= 4 is 11.8 Å². The summed E-state index contributed by atoms with van der Waals surface area (Å²) in [5.74, 6) is 0.188. The molecule has 0 aromatic heterocycles. The second-order valence-electron chi connectivity index (χ2n) is 6.79. The molecule has 1 aromatic carbocycles. The molecule has 1 heterocycles. The predicted octanol–water partition coefficient (Wildman–Crippen LogP) is 2.12. The Bertz CT molecular complexity index is 571. The van der Waals surface area contributed by atoms with Gasteiger partial charge in [0.1, 0.15) is 0 Å². The second kappa shape index (κ2) is 8.83. The fourth-order valence-electron chi connectivity index (χ4n) is 3.11. The first-order valence-corrected chi connectivity index (χ1v) is 8.75. The molecule has 0 bridgehead atoms. The van der Waals surface area contributed by atoms with Gasteiger partial charge in [0.2, 0.25) is 11.8 Å². The number of aryl methyl sites for hydroxylation is 1. The number of nitrogens with zero attached hydrogens (tertiary/aromatic N) is 2. The molecular weight excluding hydrogens is 302 g/mol. The third kappa shape index (κ3) is 5.34. The molecule has 0 spiro atoms. The molecule has 0 aliphatic carbocycles. The van der Waals surface area contributed by atoms with Crippen molar-refractivity contribution in [3.05, 3.63) is 35.4 Å². The van der Waals surface area contributed by atoms with E-state index in [2.05, 4.69) is 35.3 Å². The number of rotatable bonds is 7. The predicted molar refractivity (Wildman–Crippen MR) is 95.7 cm³/mol. The molecule has 0 saturated carbocycles. The van der Waals surface area contributed by atoms with E-state index in [-0.39, 0.29) is 17.9 Å². The summed E-state index contributed by atoms with van der Waals surface area (Å²) < 4.78 is 0. The van der Waals surface area contributed by atoms with Crippen LogP contribution in [0.3, 0.4) is 0 Å². The molecule has 24 heavy (non-hydrogen) atoms. The summed E-state index contributed by atoms with van der Waals surface area (Å²) in [5, 5.41) is 3.02. The highest BCUT2D eigenvalue weighted by molar-refractivity contribution is 5.79. The smallest absolute Gasteiger partial charge is 0.222 e. The van der Waals surface area contributed by atoms with E-state index in [0.717, 1.165) is 19.4 Å². The summed E-state index contributed by atoms with van der Waals surface area (Å²) in [5.41, 5.74) is 2.42.